The van der Waals surface area contributed by atoms with Crippen LogP contribution in [0.15, 0.2) is 53.5 Å². The molecule has 0 bridgehead atoms. The maximum Gasteiger partial charge on any atom is 0.250 e. The summed E-state index contributed by atoms with van der Waals surface area (Å²) in [5.41, 5.74) is 2.03. The van der Waals surface area contributed by atoms with Crippen molar-refractivity contribution in [3.63, 3.8) is 0 Å². The van der Waals surface area contributed by atoms with Crippen LogP contribution >= 0.6 is 0 Å². The first-order chi connectivity index (χ1) is 12.1. The summed E-state index contributed by atoms with van der Waals surface area (Å²) >= 11 is 0. The normalized spacial score (nSPS) is 10.9. The van der Waals surface area contributed by atoms with Crippen molar-refractivity contribution in [2.75, 3.05) is 6.54 Å². The van der Waals surface area contributed by atoms with E-state index in [1.807, 2.05) is 25.2 Å². The highest BCUT2D eigenvalue weighted by atomic mass is 16.1. The molecule has 0 saturated heterocycles. The molecule has 130 valence electrons. The lowest BCUT2D eigenvalue weighted by molar-refractivity contribution is -0.121. The number of nitrogens with one attached hydrogen (secondary N) is 1. The van der Waals surface area contributed by atoms with E-state index in [4.69, 9.17) is 0 Å². The third-order valence-corrected chi connectivity index (χ3v) is 4.26. The molecular formula is C19H22N4O2. The van der Waals surface area contributed by atoms with E-state index < -0.39 is 0 Å². The highest BCUT2D eigenvalue weighted by Crippen LogP contribution is 2.14. The van der Waals surface area contributed by atoms with Gasteiger partial charge in [0.25, 0.3) is 5.56 Å². The van der Waals surface area contributed by atoms with E-state index in [0.717, 1.165) is 29.7 Å². The van der Waals surface area contributed by atoms with Gasteiger partial charge in [0.05, 0.1) is 11.0 Å². The van der Waals surface area contributed by atoms with Crippen molar-refractivity contribution in [3.05, 3.63) is 64.8 Å². The predicted octanol–water partition coefficient (Wildman–Crippen LogP) is 1.87. The molecule has 0 atom stereocenters. The van der Waals surface area contributed by atoms with Crippen LogP contribution in [0.2, 0.25) is 0 Å². The second-order valence-electron chi connectivity index (χ2n) is 6.01. The molecule has 0 radical (unpaired) electrons. The Hall–Kier alpha value is -2.89. The molecule has 0 unspecified atom stereocenters. The monoisotopic (exact) mass is 338 g/mol. The third kappa shape index (κ3) is 4.15. The molecule has 1 amide bonds. The Morgan fingerprint density at radius 1 is 1.16 bits per heavy atom. The molecule has 1 aromatic carbocycles. The van der Waals surface area contributed by atoms with Gasteiger partial charge in [-0.2, -0.15) is 0 Å². The van der Waals surface area contributed by atoms with Crippen LogP contribution in [0.4, 0.5) is 0 Å². The van der Waals surface area contributed by atoms with Crippen LogP contribution in [0.3, 0.4) is 0 Å². The number of para-hydroxylation sites is 2. The van der Waals surface area contributed by atoms with Crippen LogP contribution in [0, 0.1) is 0 Å². The Labute approximate surface area is 146 Å². The Balaban J connectivity index is 1.43. The van der Waals surface area contributed by atoms with Crippen molar-refractivity contribution in [3.8, 4) is 0 Å². The van der Waals surface area contributed by atoms with Crippen LogP contribution in [-0.4, -0.2) is 26.6 Å². The molecule has 25 heavy (non-hydrogen) atoms. The van der Waals surface area contributed by atoms with Gasteiger partial charge >= 0.3 is 0 Å². The zero-order valence-corrected chi connectivity index (χ0v) is 14.3. The molecule has 3 rings (SSSR count). The average molecular weight is 338 g/mol. The number of aryl methyl sites for hydroxylation is 3. The summed E-state index contributed by atoms with van der Waals surface area (Å²) < 4.78 is 3.64. The van der Waals surface area contributed by atoms with E-state index in [0.29, 0.717) is 19.5 Å². The number of imidazole rings is 1. The van der Waals surface area contributed by atoms with Gasteiger partial charge in [-0.15, -0.1) is 0 Å². The minimum atomic E-state index is -0.0860. The van der Waals surface area contributed by atoms with Crippen LogP contribution in [-0.2, 0) is 24.8 Å². The molecule has 0 fully saturated rings. The molecule has 0 aliphatic carbocycles. The molecule has 0 spiro atoms. The van der Waals surface area contributed by atoms with Crippen molar-refractivity contribution in [1.29, 1.82) is 0 Å². The number of carbonyl (C=O) groups excluding carboxylic acids is 1. The van der Waals surface area contributed by atoms with E-state index in [1.165, 1.54) is 6.07 Å². The summed E-state index contributed by atoms with van der Waals surface area (Å²) in [7, 11) is 2.01. The first-order valence-electron chi connectivity index (χ1n) is 8.47. The van der Waals surface area contributed by atoms with Gasteiger partial charge in [-0.1, -0.05) is 18.2 Å². The maximum atomic E-state index is 11.9. The standard InChI is InChI=1S/C19H22N4O2/c1-22-16-8-3-2-7-15(16)21-17(22)9-6-12-20-18(24)11-14-23-13-5-4-10-19(23)25/h2-5,7-8,10,13H,6,9,11-12,14H2,1H3,(H,20,24). The number of hydrogen-bond acceptors (Lipinski definition) is 3. The lowest BCUT2D eigenvalue weighted by atomic mass is 10.3. The average Bonchev–Trinajstić information content (AvgIpc) is 2.94. The maximum absolute atomic E-state index is 11.9. The summed E-state index contributed by atoms with van der Waals surface area (Å²) in [6.45, 7) is 1.00. The van der Waals surface area contributed by atoms with Crippen molar-refractivity contribution < 1.29 is 4.79 Å². The number of benzene rings is 1. The summed E-state index contributed by atoms with van der Waals surface area (Å²) in [6, 6.07) is 13.0. The van der Waals surface area contributed by atoms with Gasteiger partial charge in [0, 0.05) is 45.2 Å². The van der Waals surface area contributed by atoms with E-state index >= 15 is 0 Å². The quantitative estimate of drug-likeness (QED) is 0.669. The highest BCUT2D eigenvalue weighted by Gasteiger charge is 2.07. The summed E-state index contributed by atoms with van der Waals surface area (Å²) in [5.74, 6) is 0.979. The van der Waals surface area contributed by atoms with E-state index in [1.54, 1.807) is 22.9 Å². The fourth-order valence-electron chi connectivity index (χ4n) is 2.85. The topological polar surface area (TPSA) is 68.9 Å². The fraction of sp³-hybridized carbons (Fsp3) is 0.316. The first kappa shape index (κ1) is 17.0. The number of fused-ring (bicyclic) bond motifs is 1. The van der Waals surface area contributed by atoms with E-state index in [2.05, 4.69) is 20.9 Å². The first-order valence-corrected chi connectivity index (χ1v) is 8.47. The molecule has 2 aromatic heterocycles. The lowest BCUT2D eigenvalue weighted by Crippen LogP contribution is -2.28. The van der Waals surface area contributed by atoms with Crippen LogP contribution < -0.4 is 10.9 Å². The molecule has 6 nitrogen and oxygen atoms in total. The number of aromatic nitrogens is 3. The zero-order chi connectivity index (χ0) is 17.6. The van der Waals surface area contributed by atoms with Crippen molar-refractivity contribution >= 4 is 16.9 Å². The molecule has 3 aromatic rings. The third-order valence-electron chi connectivity index (χ3n) is 4.26. The minimum Gasteiger partial charge on any atom is -0.356 e. The summed E-state index contributed by atoms with van der Waals surface area (Å²) in [6.07, 6.45) is 3.63. The second kappa shape index (κ2) is 7.79. The number of nitrogens with zero attached hydrogens (tertiary/aromatic N) is 3. The van der Waals surface area contributed by atoms with Crippen molar-refractivity contribution in [2.45, 2.75) is 25.8 Å². The lowest BCUT2D eigenvalue weighted by Gasteiger charge is -2.07. The molecule has 0 aliphatic heterocycles. The van der Waals surface area contributed by atoms with Gasteiger partial charge in [-0.3, -0.25) is 9.59 Å². The van der Waals surface area contributed by atoms with E-state index in [9.17, 15) is 9.59 Å². The van der Waals surface area contributed by atoms with Crippen molar-refractivity contribution in [2.24, 2.45) is 7.05 Å². The Morgan fingerprint density at radius 2 is 1.96 bits per heavy atom. The van der Waals surface area contributed by atoms with Crippen molar-refractivity contribution in [1.82, 2.24) is 19.4 Å². The molecule has 1 N–H and O–H groups in total. The van der Waals surface area contributed by atoms with Gasteiger partial charge in [-0.25, -0.2) is 4.98 Å². The van der Waals surface area contributed by atoms with Crippen LogP contribution in [0.1, 0.15) is 18.7 Å². The molecule has 0 aliphatic rings. The largest absolute Gasteiger partial charge is 0.356 e. The number of carbonyl (C=O) groups is 1. The summed E-state index contributed by atoms with van der Waals surface area (Å²) in [4.78, 5) is 28.1. The second-order valence-corrected chi connectivity index (χ2v) is 6.01. The predicted molar refractivity (Wildman–Crippen MR) is 97.4 cm³/mol. The van der Waals surface area contributed by atoms with Gasteiger partial charge in [0.1, 0.15) is 5.82 Å². The zero-order valence-electron chi connectivity index (χ0n) is 14.3. The number of hydrogen-bond donors (Lipinski definition) is 1. The van der Waals surface area contributed by atoms with E-state index in [-0.39, 0.29) is 11.5 Å². The van der Waals surface area contributed by atoms with Gasteiger partial charge in [0.2, 0.25) is 5.91 Å². The SMILES string of the molecule is Cn1c(CCCNC(=O)CCn2ccccc2=O)nc2ccccc21. The van der Waals surface area contributed by atoms with Gasteiger partial charge in [0.15, 0.2) is 0 Å². The number of rotatable bonds is 7. The van der Waals surface area contributed by atoms with Gasteiger partial charge in [-0.05, 0) is 24.6 Å². The molecule has 2 heterocycles. The Morgan fingerprint density at radius 3 is 2.76 bits per heavy atom. The number of pyridine rings is 1. The van der Waals surface area contributed by atoms with Crippen LogP contribution in [0.5, 0.6) is 0 Å². The Bertz CT molecular complexity index is 926. The summed E-state index contributed by atoms with van der Waals surface area (Å²) in [5, 5.41) is 2.90. The van der Waals surface area contributed by atoms with Gasteiger partial charge < -0.3 is 14.5 Å². The Kier molecular flexibility index (Phi) is 5.28. The highest BCUT2D eigenvalue weighted by molar-refractivity contribution is 5.76. The molecule has 6 heteroatoms. The number of amides is 1. The smallest absolute Gasteiger partial charge is 0.250 e. The minimum absolute atomic E-state index is 0.0410. The molecule has 0 saturated carbocycles. The van der Waals surface area contributed by atoms with Crippen LogP contribution in [0.25, 0.3) is 11.0 Å². The fourth-order valence-corrected chi connectivity index (χ4v) is 2.85. The molecular weight excluding hydrogens is 316 g/mol.